The highest BCUT2D eigenvalue weighted by atomic mass is 29.3. The molecule has 2 atom stereocenters. The summed E-state index contributed by atoms with van der Waals surface area (Å²) in [4.78, 5) is 0. The van der Waals surface area contributed by atoms with Crippen LogP contribution in [0.15, 0.2) is 0 Å². The minimum atomic E-state index is -1.92. The Kier molecular flexibility index (Phi) is 10.9. The third-order valence-corrected chi connectivity index (χ3v) is 45.9. The Balaban J connectivity index is 1.95. The van der Waals surface area contributed by atoms with Crippen LogP contribution in [-0.2, 0) is 21.8 Å². The van der Waals surface area contributed by atoms with E-state index in [0.717, 1.165) is 38.9 Å². The first-order valence-electron chi connectivity index (χ1n) is 14.8. The molecule has 0 radical (unpaired) electrons. The largest absolute Gasteiger partial charge is 0.456 e. The summed E-state index contributed by atoms with van der Waals surface area (Å²) in [5.74, 6) is 0. The zero-order chi connectivity index (χ0) is 28.6. The van der Waals surface area contributed by atoms with E-state index in [1.165, 1.54) is 24.2 Å². The van der Waals surface area contributed by atoms with Crippen molar-refractivity contribution in [1.29, 1.82) is 0 Å². The van der Waals surface area contributed by atoms with Crippen molar-refractivity contribution >= 4 is 48.0 Å². The summed E-state index contributed by atoms with van der Waals surface area (Å²) in [6, 6.07) is 4.88. The van der Waals surface area contributed by atoms with Gasteiger partial charge in [0, 0.05) is 13.2 Å². The molecule has 220 valence electrons. The van der Waals surface area contributed by atoms with Gasteiger partial charge in [-0.3, -0.25) is 0 Å². The van der Waals surface area contributed by atoms with Crippen LogP contribution in [0.5, 0.6) is 0 Å². The third-order valence-electron chi connectivity index (χ3n) is 8.26. The van der Waals surface area contributed by atoms with Crippen LogP contribution < -0.4 is 0 Å². The summed E-state index contributed by atoms with van der Waals surface area (Å²) in [6.45, 7) is 34.6. The fraction of sp³-hybridized carbons (Fsp3) is 1.00. The van der Waals surface area contributed by atoms with E-state index in [2.05, 4.69) is 93.2 Å². The van der Waals surface area contributed by atoms with E-state index >= 15 is 0 Å². The average molecular weight is 623 g/mol. The van der Waals surface area contributed by atoms with Gasteiger partial charge in [0.1, 0.15) is 0 Å². The molecule has 11 heteroatoms. The van der Waals surface area contributed by atoms with E-state index < -0.39 is 48.0 Å². The van der Waals surface area contributed by atoms with Crippen molar-refractivity contribution in [2.45, 2.75) is 154 Å². The summed E-state index contributed by atoms with van der Waals surface area (Å²) >= 11 is 0. The molecule has 0 bridgehead atoms. The van der Waals surface area contributed by atoms with Crippen LogP contribution in [-0.4, -0.2) is 72.4 Å². The van der Waals surface area contributed by atoms with Gasteiger partial charge in [0.15, 0.2) is 32.3 Å². The molecule has 0 aliphatic carbocycles. The van der Waals surface area contributed by atoms with Gasteiger partial charge in [-0.25, -0.2) is 0 Å². The molecule has 2 saturated heterocycles. The van der Waals surface area contributed by atoms with Gasteiger partial charge in [-0.05, 0) is 143 Å². The molecule has 37 heavy (non-hydrogen) atoms. The molecule has 2 aliphatic heterocycles. The number of hydrogen-bond donors (Lipinski definition) is 0. The maximum Gasteiger partial charge on any atom is 0.205 e. The van der Waals surface area contributed by atoms with E-state index in [-0.39, 0.29) is 11.2 Å². The Hall–Kier alpha value is 1.10. The molecule has 0 aromatic carbocycles. The fourth-order valence-electron chi connectivity index (χ4n) is 6.77. The van der Waals surface area contributed by atoms with Crippen LogP contribution in [0.2, 0.25) is 89.6 Å². The Morgan fingerprint density at radius 2 is 0.946 bits per heavy atom. The maximum atomic E-state index is 7.12. The number of rotatable bonds is 12. The zero-order valence-corrected chi connectivity index (χ0v) is 33.1. The van der Waals surface area contributed by atoms with Crippen molar-refractivity contribution in [2.75, 3.05) is 13.2 Å². The van der Waals surface area contributed by atoms with Gasteiger partial charge in [0.05, 0.1) is 11.2 Å². The molecule has 0 aromatic rings. The number of hydrogen-bond acceptors (Lipinski definition) is 5. The van der Waals surface area contributed by atoms with E-state index in [0.29, 0.717) is 0 Å². The maximum absolute atomic E-state index is 7.12. The summed E-state index contributed by atoms with van der Waals surface area (Å²) in [5, 5.41) is 0. The van der Waals surface area contributed by atoms with Crippen LogP contribution in [0.1, 0.15) is 53.4 Å². The first kappa shape index (κ1) is 34.3. The monoisotopic (exact) mass is 622 g/mol. The Morgan fingerprint density at radius 1 is 0.622 bits per heavy atom. The highest BCUT2D eigenvalue weighted by molar-refractivity contribution is 7.38. The van der Waals surface area contributed by atoms with Gasteiger partial charge in [0.25, 0.3) is 0 Å². The molecule has 2 fully saturated rings. The standard InChI is InChI=1S/C26H62O5Si6/c1-25(2)17-23-36(30-32(5,6)7,34(11,12)28-25)21-15-19-27-20-16-22-37(31-33(8,9)10)24-18-26(3,4)29-35(37,13)14/h15-24H2,1-14H3. The first-order chi connectivity index (χ1) is 16.4. The molecular weight excluding hydrogens is 561 g/mol. The molecule has 2 unspecified atom stereocenters. The fourth-order valence-corrected chi connectivity index (χ4v) is 51.2. The van der Waals surface area contributed by atoms with E-state index in [1.807, 2.05) is 0 Å². The average Bonchev–Trinajstić information content (AvgIpc) is 2.63. The predicted molar refractivity (Wildman–Crippen MR) is 174 cm³/mol. The Morgan fingerprint density at radius 3 is 1.22 bits per heavy atom. The van der Waals surface area contributed by atoms with Crippen molar-refractivity contribution in [3.8, 4) is 0 Å². The molecule has 5 nitrogen and oxygen atoms in total. The predicted octanol–water partition coefficient (Wildman–Crippen LogP) is 8.34. The topological polar surface area (TPSA) is 46.2 Å². The van der Waals surface area contributed by atoms with Crippen LogP contribution in [0, 0.1) is 0 Å². The SMILES string of the molecule is CC1(C)CC[Si](CCCOCCC[Si]2(O[Si](C)(C)C)CCC(C)(C)O[Si]2(C)C)(O[Si](C)(C)C)[Si](C)(C)O1. The molecule has 0 aromatic heterocycles. The van der Waals surface area contributed by atoms with Crippen molar-refractivity contribution < 1.29 is 21.8 Å². The second-order valence-electron chi connectivity index (χ2n) is 16.0. The molecule has 0 saturated carbocycles. The summed E-state index contributed by atoms with van der Waals surface area (Å²) in [7, 11) is -10.9. The summed E-state index contributed by atoms with van der Waals surface area (Å²) in [5.41, 5.74) is -0.00300. The molecule has 0 spiro atoms. The smallest absolute Gasteiger partial charge is 0.205 e. The molecular formula is C26H62O5Si6. The molecule has 2 aliphatic rings. The van der Waals surface area contributed by atoms with Crippen molar-refractivity contribution in [3.05, 3.63) is 0 Å². The van der Waals surface area contributed by atoms with E-state index in [4.69, 9.17) is 21.8 Å². The molecule has 2 rings (SSSR count). The quantitative estimate of drug-likeness (QED) is 0.162. The van der Waals surface area contributed by atoms with Gasteiger partial charge < -0.3 is 21.8 Å². The first-order valence-corrected chi connectivity index (χ1v) is 34.1. The second kappa shape index (κ2) is 11.8. The lowest BCUT2D eigenvalue weighted by Gasteiger charge is -2.54. The van der Waals surface area contributed by atoms with Crippen molar-refractivity contribution in [3.63, 3.8) is 0 Å². The number of ether oxygens (including phenoxy) is 1. The Labute approximate surface area is 236 Å². The molecule has 0 N–H and O–H groups in total. The molecule has 0 amide bonds. The zero-order valence-electron chi connectivity index (χ0n) is 27.1. The van der Waals surface area contributed by atoms with Gasteiger partial charge in [-0.15, -0.1) is 0 Å². The Bertz CT molecular complexity index is 700. The minimum absolute atomic E-state index is 0.00150. The minimum Gasteiger partial charge on any atom is -0.456 e. The third kappa shape index (κ3) is 9.57. The van der Waals surface area contributed by atoms with Crippen molar-refractivity contribution in [1.82, 2.24) is 0 Å². The second-order valence-corrected chi connectivity index (χ2v) is 51.2. The summed E-state index contributed by atoms with van der Waals surface area (Å²) in [6.07, 6.45) is 4.46. The lowest BCUT2D eigenvalue weighted by atomic mass is 10.1. The highest BCUT2D eigenvalue weighted by Gasteiger charge is 2.60. The van der Waals surface area contributed by atoms with Gasteiger partial charge in [-0.2, -0.15) is 0 Å². The van der Waals surface area contributed by atoms with Gasteiger partial charge in [-0.1, -0.05) is 0 Å². The van der Waals surface area contributed by atoms with Gasteiger partial charge in [0.2, 0.25) is 15.7 Å². The van der Waals surface area contributed by atoms with Crippen LogP contribution >= 0.6 is 0 Å². The van der Waals surface area contributed by atoms with E-state index in [9.17, 15) is 0 Å². The highest BCUT2D eigenvalue weighted by Crippen LogP contribution is 2.45. The van der Waals surface area contributed by atoms with Crippen molar-refractivity contribution in [2.24, 2.45) is 0 Å². The lowest BCUT2D eigenvalue weighted by Crippen LogP contribution is -2.71. The summed E-state index contributed by atoms with van der Waals surface area (Å²) < 4.78 is 34.2. The van der Waals surface area contributed by atoms with E-state index in [1.54, 1.807) is 0 Å². The van der Waals surface area contributed by atoms with Crippen LogP contribution in [0.3, 0.4) is 0 Å². The van der Waals surface area contributed by atoms with Crippen LogP contribution in [0.25, 0.3) is 0 Å². The van der Waals surface area contributed by atoms with Crippen LogP contribution in [0.4, 0.5) is 0 Å². The lowest BCUT2D eigenvalue weighted by molar-refractivity contribution is 0.0883. The van der Waals surface area contributed by atoms with Gasteiger partial charge >= 0.3 is 0 Å². The normalized spacial score (nSPS) is 31.3. The molecule has 2 heterocycles.